The van der Waals surface area contributed by atoms with Crippen molar-refractivity contribution in [3.63, 3.8) is 0 Å². The summed E-state index contributed by atoms with van der Waals surface area (Å²) in [4.78, 5) is 0. The summed E-state index contributed by atoms with van der Waals surface area (Å²) in [7, 11) is 0. The zero-order chi connectivity index (χ0) is 13.8. The lowest BCUT2D eigenvalue weighted by Crippen LogP contribution is -2.46. The molecule has 0 saturated heterocycles. The van der Waals surface area contributed by atoms with E-state index in [2.05, 4.69) is 26.1 Å². The third kappa shape index (κ3) is 1.86. The topological polar surface area (TPSA) is 12.0 Å². The molecule has 19 heavy (non-hydrogen) atoms. The summed E-state index contributed by atoms with van der Waals surface area (Å²) < 4.78 is 27.1. The maximum atomic E-state index is 13.8. The number of hydrogen-bond acceptors (Lipinski definition) is 1. The minimum atomic E-state index is -0.394. The minimum absolute atomic E-state index is 0.131. The smallest absolute Gasteiger partial charge is 0.146 e. The molecule has 2 bridgehead atoms. The highest BCUT2D eigenvalue weighted by atomic mass is 19.1. The van der Waals surface area contributed by atoms with Gasteiger partial charge in [0.15, 0.2) is 0 Å². The summed E-state index contributed by atoms with van der Waals surface area (Å²) in [5.41, 5.74) is 0.630. The SMILES string of the molecule is CC12CCC(C1)C(C)(C)C2Nc1cc(F)ccc1F. The van der Waals surface area contributed by atoms with Gasteiger partial charge in [-0.1, -0.05) is 20.8 Å². The van der Waals surface area contributed by atoms with E-state index in [1.165, 1.54) is 31.4 Å². The molecule has 104 valence electrons. The molecular weight excluding hydrogens is 244 g/mol. The van der Waals surface area contributed by atoms with Crippen LogP contribution < -0.4 is 5.32 Å². The van der Waals surface area contributed by atoms with Crippen LogP contribution in [-0.2, 0) is 0 Å². The molecule has 0 amide bonds. The van der Waals surface area contributed by atoms with E-state index < -0.39 is 5.82 Å². The third-order valence-corrected chi connectivity index (χ3v) is 5.50. The van der Waals surface area contributed by atoms with Gasteiger partial charge < -0.3 is 5.32 Å². The molecule has 3 atom stereocenters. The molecule has 0 spiro atoms. The predicted molar refractivity (Wildman–Crippen MR) is 73.0 cm³/mol. The molecule has 2 aliphatic rings. The van der Waals surface area contributed by atoms with E-state index in [1.54, 1.807) is 0 Å². The van der Waals surface area contributed by atoms with Gasteiger partial charge in [-0.3, -0.25) is 0 Å². The Kier molecular flexibility index (Phi) is 2.67. The van der Waals surface area contributed by atoms with Crippen LogP contribution in [0.3, 0.4) is 0 Å². The zero-order valence-electron chi connectivity index (χ0n) is 11.8. The maximum Gasteiger partial charge on any atom is 0.146 e. The van der Waals surface area contributed by atoms with Crippen LogP contribution in [0.5, 0.6) is 0 Å². The molecule has 2 fully saturated rings. The number of hydrogen-bond donors (Lipinski definition) is 1. The van der Waals surface area contributed by atoms with Gasteiger partial charge in [-0.05, 0) is 54.2 Å². The Balaban J connectivity index is 1.92. The van der Waals surface area contributed by atoms with E-state index in [1.807, 2.05) is 0 Å². The fourth-order valence-corrected chi connectivity index (χ4v) is 4.43. The molecule has 0 heterocycles. The normalized spacial score (nSPS) is 35.6. The van der Waals surface area contributed by atoms with E-state index in [0.29, 0.717) is 11.6 Å². The highest BCUT2D eigenvalue weighted by molar-refractivity contribution is 5.47. The molecule has 2 aliphatic carbocycles. The first-order valence-corrected chi connectivity index (χ1v) is 7.04. The summed E-state index contributed by atoms with van der Waals surface area (Å²) in [6.45, 7) is 6.77. The highest BCUT2D eigenvalue weighted by Crippen LogP contribution is 2.63. The van der Waals surface area contributed by atoms with E-state index in [9.17, 15) is 8.78 Å². The van der Waals surface area contributed by atoms with Gasteiger partial charge in [-0.15, -0.1) is 0 Å². The Morgan fingerprint density at radius 2 is 1.95 bits per heavy atom. The predicted octanol–water partition coefficient (Wildman–Crippen LogP) is 4.59. The fraction of sp³-hybridized carbons (Fsp3) is 0.625. The Hall–Kier alpha value is -1.12. The molecule has 1 aromatic carbocycles. The minimum Gasteiger partial charge on any atom is -0.379 e. The third-order valence-electron chi connectivity index (χ3n) is 5.50. The van der Waals surface area contributed by atoms with Gasteiger partial charge in [0, 0.05) is 6.04 Å². The van der Waals surface area contributed by atoms with Crippen LogP contribution >= 0.6 is 0 Å². The number of nitrogens with one attached hydrogen (secondary N) is 1. The Bertz CT molecular complexity index is 507. The second-order valence-electron chi connectivity index (χ2n) is 7.12. The van der Waals surface area contributed by atoms with Crippen molar-refractivity contribution in [1.29, 1.82) is 0 Å². The lowest BCUT2D eigenvalue weighted by atomic mass is 9.68. The van der Waals surface area contributed by atoms with E-state index in [0.717, 1.165) is 6.07 Å². The number of halogens is 2. The first-order chi connectivity index (χ1) is 8.83. The highest BCUT2D eigenvalue weighted by Gasteiger charge is 2.59. The van der Waals surface area contributed by atoms with Crippen LogP contribution in [0.25, 0.3) is 0 Å². The second kappa shape index (κ2) is 3.94. The Morgan fingerprint density at radius 1 is 1.21 bits per heavy atom. The van der Waals surface area contributed by atoms with Crippen molar-refractivity contribution in [3.05, 3.63) is 29.8 Å². The van der Waals surface area contributed by atoms with Gasteiger partial charge >= 0.3 is 0 Å². The Morgan fingerprint density at radius 3 is 2.58 bits per heavy atom. The molecule has 0 aromatic heterocycles. The van der Waals surface area contributed by atoms with E-state index in [4.69, 9.17) is 0 Å². The van der Waals surface area contributed by atoms with Crippen LogP contribution in [0.2, 0.25) is 0 Å². The standard InChI is InChI=1S/C16H21F2N/c1-15(2)10-6-7-16(3,9-10)14(15)19-13-8-11(17)4-5-12(13)18/h4-5,8,10,14,19H,6-7,9H2,1-3H3. The zero-order valence-corrected chi connectivity index (χ0v) is 11.8. The van der Waals surface area contributed by atoms with Gasteiger partial charge in [0.25, 0.3) is 0 Å². The molecule has 3 rings (SSSR count). The Labute approximate surface area is 113 Å². The van der Waals surface area contributed by atoms with Crippen molar-refractivity contribution < 1.29 is 8.78 Å². The van der Waals surface area contributed by atoms with Gasteiger partial charge in [0.2, 0.25) is 0 Å². The van der Waals surface area contributed by atoms with Crippen molar-refractivity contribution in [1.82, 2.24) is 0 Å². The van der Waals surface area contributed by atoms with Gasteiger partial charge in [0.05, 0.1) is 5.69 Å². The lowest BCUT2D eigenvalue weighted by molar-refractivity contribution is 0.155. The number of fused-ring (bicyclic) bond motifs is 2. The van der Waals surface area contributed by atoms with Crippen LogP contribution in [0.1, 0.15) is 40.0 Å². The molecule has 0 aliphatic heterocycles. The van der Waals surface area contributed by atoms with E-state index >= 15 is 0 Å². The quantitative estimate of drug-likeness (QED) is 0.824. The van der Waals surface area contributed by atoms with Crippen LogP contribution in [0, 0.1) is 28.4 Å². The van der Waals surface area contributed by atoms with Crippen molar-refractivity contribution >= 4 is 5.69 Å². The van der Waals surface area contributed by atoms with Crippen LogP contribution in [0.4, 0.5) is 14.5 Å². The molecule has 3 unspecified atom stereocenters. The van der Waals surface area contributed by atoms with Crippen molar-refractivity contribution in [3.8, 4) is 0 Å². The van der Waals surface area contributed by atoms with Gasteiger partial charge in [-0.2, -0.15) is 0 Å². The number of anilines is 1. The molecule has 1 aromatic rings. The van der Waals surface area contributed by atoms with Gasteiger partial charge in [-0.25, -0.2) is 8.78 Å². The van der Waals surface area contributed by atoms with Crippen molar-refractivity contribution in [2.24, 2.45) is 16.7 Å². The average Bonchev–Trinajstić information content (AvgIpc) is 2.80. The summed E-state index contributed by atoms with van der Waals surface area (Å²) in [5.74, 6) is -0.0785. The summed E-state index contributed by atoms with van der Waals surface area (Å²) in [6, 6.07) is 3.82. The first kappa shape index (κ1) is 12.9. The molecular formula is C16H21F2N. The molecule has 0 radical (unpaired) electrons. The van der Waals surface area contributed by atoms with Crippen molar-refractivity contribution in [2.75, 3.05) is 5.32 Å². The molecule has 1 nitrogen and oxygen atoms in total. The summed E-state index contributed by atoms with van der Waals surface area (Å²) in [6.07, 6.45) is 3.62. The number of rotatable bonds is 2. The fourth-order valence-electron chi connectivity index (χ4n) is 4.43. The average molecular weight is 265 g/mol. The van der Waals surface area contributed by atoms with Crippen LogP contribution in [-0.4, -0.2) is 6.04 Å². The summed E-state index contributed by atoms with van der Waals surface area (Å²) >= 11 is 0. The largest absolute Gasteiger partial charge is 0.379 e. The van der Waals surface area contributed by atoms with Crippen molar-refractivity contribution in [2.45, 2.75) is 46.1 Å². The molecule has 2 saturated carbocycles. The monoisotopic (exact) mass is 265 g/mol. The van der Waals surface area contributed by atoms with Gasteiger partial charge in [0.1, 0.15) is 11.6 Å². The molecule has 1 N–H and O–H groups in total. The maximum absolute atomic E-state index is 13.8. The van der Waals surface area contributed by atoms with E-state index in [-0.39, 0.29) is 22.7 Å². The summed E-state index contributed by atoms with van der Waals surface area (Å²) in [5, 5.41) is 3.30. The number of benzene rings is 1. The molecule has 3 heteroatoms. The van der Waals surface area contributed by atoms with Crippen LogP contribution in [0.15, 0.2) is 18.2 Å². The second-order valence-corrected chi connectivity index (χ2v) is 7.12. The lowest BCUT2D eigenvalue weighted by Gasteiger charge is -2.43. The first-order valence-electron chi connectivity index (χ1n) is 7.04.